The lowest BCUT2D eigenvalue weighted by molar-refractivity contribution is -0.183. The van der Waals surface area contributed by atoms with E-state index >= 15 is 0 Å². The van der Waals surface area contributed by atoms with Crippen molar-refractivity contribution < 1.29 is 13.9 Å². The van der Waals surface area contributed by atoms with Gasteiger partial charge in [-0.05, 0) is 24.1 Å². The zero-order valence-electron chi connectivity index (χ0n) is 14.5. The largest absolute Gasteiger partial charge is 0.446 e. The SMILES string of the molecule is N=C(O[C@@H]1OCCN(Cc2ccccc2)[C@H]1C1C=CC(F)=CC1)C(Cl)(Cl)Cl. The highest BCUT2D eigenvalue weighted by Gasteiger charge is 2.41. The fourth-order valence-electron chi connectivity index (χ4n) is 3.33. The number of hydrogen-bond donors (Lipinski definition) is 1. The fourth-order valence-corrected chi connectivity index (χ4v) is 3.47. The summed E-state index contributed by atoms with van der Waals surface area (Å²) in [6, 6.07) is 9.76. The van der Waals surface area contributed by atoms with Gasteiger partial charge >= 0.3 is 0 Å². The predicted molar refractivity (Wildman–Crippen MR) is 106 cm³/mol. The summed E-state index contributed by atoms with van der Waals surface area (Å²) in [6.07, 6.45) is 4.50. The molecule has 1 aliphatic carbocycles. The van der Waals surface area contributed by atoms with Gasteiger partial charge in [-0.15, -0.1) is 0 Å². The molecule has 146 valence electrons. The average Bonchev–Trinajstić information content (AvgIpc) is 2.63. The van der Waals surface area contributed by atoms with Gasteiger partial charge in [0.1, 0.15) is 5.83 Å². The third-order valence-electron chi connectivity index (χ3n) is 4.61. The molecule has 1 unspecified atom stereocenters. The molecule has 0 radical (unpaired) electrons. The zero-order chi connectivity index (χ0) is 19.4. The summed E-state index contributed by atoms with van der Waals surface area (Å²) >= 11 is 17.3. The van der Waals surface area contributed by atoms with Gasteiger partial charge in [0.2, 0.25) is 12.2 Å². The lowest BCUT2D eigenvalue weighted by atomic mass is 9.89. The number of alkyl halides is 3. The Balaban J connectivity index is 1.82. The quantitative estimate of drug-likeness (QED) is 0.412. The van der Waals surface area contributed by atoms with E-state index in [4.69, 9.17) is 49.7 Å². The number of benzene rings is 1. The molecule has 27 heavy (non-hydrogen) atoms. The summed E-state index contributed by atoms with van der Waals surface area (Å²) < 4.78 is 22.8. The molecular formula is C19H20Cl3FN2O2. The summed E-state index contributed by atoms with van der Waals surface area (Å²) in [5.74, 6) is -0.809. The minimum absolute atomic E-state index is 0.0540. The molecule has 0 spiro atoms. The summed E-state index contributed by atoms with van der Waals surface area (Å²) in [5.41, 5.74) is 1.14. The first-order valence-electron chi connectivity index (χ1n) is 8.60. The molecular weight excluding hydrogens is 414 g/mol. The van der Waals surface area contributed by atoms with Crippen LogP contribution in [-0.4, -0.2) is 40.1 Å². The van der Waals surface area contributed by atoms with E-state index in [0.717, 1.165) is 5.56 Å². The fraction of sp³-hybridized carbons (Fsp3) is 0.421. The van der Waals surface area contributed by atoms with E-state index in [0.29, 0.717) is 26.1 Å². The smallest absolute Gasteiger partial charge is 0.265 e. The van der Waals surface area contributed by atoms with Crippen LogP contribution < -0.4 is 0 Å². The maximum Gasteiger partial charge on any atom is 0.265 e. The van der Waals surface area contributed by atoms with Crippen molar-refractivity contribution in [3.8, 4) is 0 Å². The first-order valence-corrected chi connectivity index (χ1v) is 9.74. The van der Waals surface area contributed by atoms with Gasteiger partial charge in [0.05, 0.1) is 12.6 Å². The van der Waals surface area contributed by atoms with Crippen molar-refractivity contribution in [3.63, 3.8) is 0 Å². The molecule has 3 atom stereocenters. The molecule has 1 aromatic rings. The van der Waals surface area contributed by atoms with Crippen LogP contribution in [0.4, 0.5) is 4.39 Å². The molecule has 1 heterocycles. The molecule has 8 heteroatoms. The number of nitrogens with zero attached hydrogens (tertiary/aromatic N) is 1. The third kappa shape index (κ3) is 5.46. The number of rotatable bonds is 4. The average molecular weight is 434 g/mol. The number of ether oxygens (including phenoxy) is 2. The normalized spacial score (nSPS) is 26.5. The Hall–Kier alpha value is -1.11. The maximum absolute atomic E-state index is 13.4. The molecule has 2 aliphatic rings. The lowest BCUT2D eigenvalue weighted by Crippen LogP contribution is -2.56. The first kappa shape index (κ1) is 20.6. The highest BCUT2D eigenvalue weighted by Crippen LogP contribution is 2.34. The minimum atomic E-state index is -1.97. The van der Waals surface area contributed by atoms with Gasteiger partial charge in [0.15, 0.2) is 0 Å². The third-order valence-corrected chi connectivity index (χ3v) is 5.12. The molecule has 1 N–H and O–H groups in total. The second-order valence-corrected chi connectivity index (χ2v) is 8.76. The Labute approximate surface area is 173 Å². The lowest BCUT2D eigenvalue weighted by Gasteiger charge is -2.44. The van der Waals surface area contributed by atoms with Crippen molar-refractivity contribution >= 4 is 40.7 Å². The Morgan fingerprint density at radius 1 is 1.30 bits per heavy atom. The van der Waals surface area contributed by atoms with E-state index in [2.05, 4.69) is 4.90 Å². The molecule has 4 nitrogen and oxygen atoms in total. The Kier molecular flexibility index (Phi) is 6.82. The summed E-state index contributed by atoms with van der Waals surface area (Å²) in [5, 5.41) is 7.89. The summed E-state index contributed by atoms with van der Waals surface area (Å²) in [7, 11) is 0. The van der Waals surface area contributed by atoms with E-state index in [9.17, 15) is 4.39 Å². The van der Waals surface area contributed by atoms with Crippen LogP contribution >= 0.6 is 34.8 Å². The number of hydrogen-bond acceptors (Lipinski definition) is 4. The van der Waals surface area contributed by atoms with Crippen LogP contribution in [0.1, 0.15) is 12.0 Å². The number of halogens is 4. The molecule has 0 amide bonds. The highest BCUT2D eigenvalue weighted by molar-refractivity contribution is 6.76. The van der Waals surface area contributed by atoms with Crippen molar-refractivity contribution in [2.75, 3.05) is 13.2 Å². The van der Waals surface area contributed by atoms with E-state index in [1.165, 1.54) is 12.2 Å². The molecule has 1 aliphatic heterocycles. The van der Waals surface area contributed by atoms with Crippen molar-refractivity contribution in [3.05, 3.63) is 60.0 Å². The molecule has 0 saturated carbocycles. The summed E-state index contributed by atoms with van der Waals surface area (Å²) in [6.45, 7) is 1.77. The van der Waals surface area contributed by atoms with Crippen molar-refractivity contribution in [2.24, 2.45) is 5.92 Å². The van der Waals surface area contributed by atoms with Gasteiger partial charge in [-0.3, -0.25) is 10.3 Å². The van der Waals surface area contributed by atoms with Crippen LogP contribution in [0.25, 0.3) is 0 Å². The van der Waals surface area contributed by atoms with Crippen molar-refractivity contribution in [2.45, 2.75) is 29.1 Å². The van der Waals surface area contributed by atoms with E-state index < -0.39 is 16.0 Å². The molecule has 0 bridgehead atoms. The predicted octanol–water partition coefficient (Wildman–Crippen LogP) is 5.01. The van der Waals surface area contributed by atoms with E-state index in [1.54, 1.807) is 0 Å². The highest BCUT2D eigenvalue weighted by atomic mass is 35.6. The van der Waals surface area contributed by atoms with Crippen molar-refractivity contribution in [1.29, 1.82) is 5.41 Å². The van der Waals surface area contributed by atoms with Gasteiger partial charge in [-0.2, -0.15) is 0 Å². The number of nitrogens with one attached hydrogen (secondary N) is 1. The topological polar surface area (TPSA) is 45.6 Å². The van der Waals surface area contributed by atoms with Gasteiger partial charge in [-0.1, -0.05) is 71.2 Å². The van der Waals surface area contributed by atoms with Gasteiger partial charge in [0, 0.05) is 19.0 Å². The van der Waals surface area contributed by atoms with Crippen LogP contribution in [0.15, 0.2) is 54.4 Å². The van der Waals surface area contributed by atoms with Gasteiger partial charge < -0.3 is 9.47 Å². The molecule has 3 rings (SSSR count). The van der Waals surface area contributed by atoms with Crippen LogP contribution in [0.5, 0.6) is 0 Å². The van der Waals surface area contributed by atoms with Crippen LogP contribution in [0.2, 0.25) is 0 Å². The Morgan fingerprint density at radius 2 is 2.04 bits per heavy atom. The van der Waals surface area contributed by atoms with E-state index in [-0.39, 0.29) is 17.8 Å². The van der Waals surface area contributed by atoms with Crippen LogP contribution in [0.3, 0.4) is 0 Å². The van der Waals surface area contributed by atoms with Crippen LogP contribution in [0, 0.1) is 11.3 Å². The molecule has 1 fully saturated rings. The van der Waals surface area contributed by atoms with E-state index in [1.807, 2.05) is 36.4 Å². The minimum Gasteiger partial charge on any atom is -0.446 e. The second kappa shape index (κ2) is 8.93. The van der Waals surface area contributed by atoms with Gasteiger partial charge in [-0.25, -0.2) is 4.39 Å². The van der Waals surface area contributed by atoms with Crippen molar-refractivity contribution in [1.82, 2.24) is 4.90 Å². The zero-order valence-corrected chi connectivity index (χ0v) is 16.7. The van der Waals surface area contributed by atoms with Gasteiger partial charge in [0.25, 0.3) is 3.79 Å². The first-order chi connectivity index (χ1) is 12.8. The number of morpholine rings is 1. The Morgan fingerprint density at radius 3 is 2.67 bits per heavy atom. The standard InChI is InChI=1S/C19H20Cl3FN2O2/c20-19(21,22)18(24)27-17-16(14-6-8-15(23)9-7-14)25(10-11-26-17)12-13-4-2-1-3-5-13/h1-6,8-9,14,16-17,24H,7,10-12H2/t14?,16-,17-/m0/s1. The molecule has 1 saturated heterocycles. The second-order valence-electron chi connectivity index (χ2n) is 6.48. The summed E-state index contributed by atoms with van der Waals surface area (Å²) in [4.78, 5) is 2.21. The molecule has 0 aromatic heterocycles. The Bertz CT molecular complexity index is 721. The van der Waals surface area contributed by atoms with Crippen LogP contribution in [-0.2, 0) is 16.0 Å². The maximum atomic E-state index is 13.4. The number of allylic oxidation sites excluding steroid dienone is 3. The molecule has 1 aromatic carbocycles. The monoisotopic (exact) mass is 432 g/mol.